The molecule has 3 rings (SSSR count). The maximum atomic E-state index is 5.23. The first-order chi connectivity index (χ1) is 9.36. The van der Waals surface area contributed by atoms with E-state index in [1.54, 1.807) is 11.8 Å². The molecule has 1 atom stereocenters. The average Bonchev–Trinajstić information content (AvgIpc) is 3.11. The van der Waals surface area contributed by atoms with Gasteiger partial charge in [0, 0.05) is 12.5 Å². The van der Waals surface area contributed by atoms with E-state index in [9.17, 15) is 0 Å². The second-order valence-corrected chi connectivity index (χ2v) is 4.77. The van der Waals surface area contributed by atoms with E-state index in [1.165, 1.54) is 6.42 Å². The number of ether oxygens (including phenoxy) is 1. The van der Waals surface area contributed by atoms with Crippen molar-refractivity contribution in [2.75, 3.05) is 20.2 Å². The van der Waals surface area contributed by atoms with Crippen molar-refractivity contribution in [3.05, 3.63) is 30.1 Å². The first kappa shape index (κ1) is 12.1. The number of methoxy groups -OCH3 is 1. The van der Waals surface area contributed by atoms with Crippen molar-refractivity contribution < 1.29 is 4.74 Å². The van der Waals surface area contributed by atoms with Gasteiger partial charge in [0.15, 0.2) is 5.82 Å². The molecular weight excluding hydrogens is 242 g/mol. The maximum Gasteiger partial charge on any atom is 0.157 e. The standard InChI is InChI=1S/C13H17N5O/c1-19-12-4-2-3-11(8-12)18-13(15-16-17-18)7-10-5-6-14-9-10/h2-4,8,10,14H,5-7,9H2,1H3. The summed E-state index contributed by atoms with van der Waals surface area (Å²) in [5, 5.41) is 15.4. The van der Waals surface area contributed by atoms with Gasteiger partial charge in [0.25, 0.3) is 0 Å². The van der Waals surface area contributed by atoms with E-state index in [4.69, 9.17) is 4.74 Å². The van der Waals surface area contributed by atoms with Crippen LogP contribution in [0, 0.1) is 5.92 Å². The first-order valence-corrected chi connectivity index (χ1v) is 6.49. The lowest BCUT2D eigenvalue weighted by atomic mass is 10.0. The van der Waals surface area contributed by atoms with Crippen LogP contribution < -0.4 is 10.1 Å². The van der Waals surface area contributed by atoms with Crippen LogP contribution >= 0.6 is 0 Å². The quantitative estimate of drug-likeness (QED) is 0.880. The summed E-state index contributed by atoms with van der Waals surface area (Å²) in [7, 11) is 1.66. The molecule has 1 aliphatic rings. The highest BCUT2D eigenvalue weighted by Gasteiger charge is 2.19. The largest absolute Gasteiger partial charge is 0.497 e. The van der Waals surface area contributed by atoms with Crippen LogP contribution in [0.15, 0.2) is 24.3 Å². The number of hydrogen-bond acceptors (Lipinski definition) is 5. The number of hydrogen-bond donors (Lipinski definition) is 1. The highest BCUT2D eigenvalue weighted by atomic mass is 16.5. The van der Waals surface area contributed by atoms with Crippen LogP contribution in [0.3, 0.4) is 0 Å². The van der Waals surface area contributed by atoms with Crippen LogP contribution in [-0.2, 0) is 6.42 Å². The molecule has 6 heteroatoms. The van der Waals surface area contributed by atoms with Gasteiger partial charge >= 0.3 is 0 Å². The summed E-state index contributed by atoms with van der Waals surface area (Å²) < 4.78 is 7.03. The van der Waals surface area contributed by atoms with E-state index >= 15 is 0 Å². The van der Waals surface area contributed by atoms with Crippen molar-refractivity contribution in [2.45, 2.75) is 12.8 Å². The van der Waals surface area contributed by atoms with Gasteiger partial charge in [-0.2, -0.15) is 4.68 Å². The van der Waals surface area contributed by atoms with Gasteiger partial charge < -0.3 is 10.1 Å². The fourth-order valence-corrected chi connectivity index (χ4v) is 2.42. The fraction of sp³-hybridized carbons (Fsp3) is 0.462. The van der Waals surface area contributed by atoms with Gasteiger partial charge in [0.2, 0.25) is 0 Å². The lowest BCUT2D eigenvalue weighted by molar-refractivity contribution is 0.414. The third-order valence-electron chi connectivity index (χ3n) is 3.47. The SMILES string of the molecule is COc1cccc(-n2nnnc2CC2CCNC2)c1. The Hall–Kier alpha value is -1.95. The molecule has 1 saturated heterocycles. The molecule has 2 heterocycles. The first-order valence-electron chi connectivity index (χ1n) is 6.49. The van der Waals surface area contributed by atoms with E-state index < -0.39 is 0 Å². The lowest BCUT2D eigenvalue weighted by Gasteiger charge is -2.09. The molecule has 0 radical (unpaired) electrons. The molecule has 1 unspecified atom stereocenters. The Morgan fingerprint density at radius 1 is 1.47 bits per heavy atom. The topological polar surface area (TPSA) is 64.9 Å². The molecule has 0 aliphatic carbocycles. The van der Waals surface area contributed by atoms with E-state index in [0.29, 0.717) is 5.92 Å². The van der Waals surface area contributed by atoms with Gasteiger partial charge in [-0.25, -0.2) is 0 Å². The van der Waals surface area contributed by atoms with E-state index in [-0.39, 0.29) is 0 Å². The van der Waals surface area contributed by atoms with Crippen molar-refractivity contribution in [1.29, 1.82) is 0 Å². The lowest BCUT2D eigenvalue weighted by Crippen LogP contribution is -2.13. The summed E-state index contributed by atoms with van der Waals surface area (Å²) in [6.45, 7) is 2.14. The zero-order chi connectivity index (χ0) is 13.1. The van der Waals surface area contributed by atoms with Gasteiger partial charge in [0.05, 0.1) is 12.8 Å². The Labute approximate surface area is 111 Å². The molecular formula is C13H17N5O. The van der Waals surface area contributed by atoms with Gasteiger partial charge in [-0.05, 0) is 48.0 Å². The molecule has 1 aliphatic heterocycles. The summed E-state index contributed by atoms with van der Waals surface area (Å²) in [6, 6.07) is 7.77. The normalized spacial score (nSPS) is 18.7. The molecule has 1 aromatic carbocycles. The van der Waals surface area contributed by atoms with Gasteiger partial charge in [-0.1, -0.05) is 6.07 Å². The molecule has 1 N–H and O–H groups in total. The Kier molecular flexibility index (Phi) is 3.41. The molecule has 1 aromatic heterocycles. The number of tetrazole rings is 1. The minimum Gasteiger partial charge on any atom is -0.497 e. The van der Waals surface area contributed by atoms with Crippen molar-refractivity contribution in [2.24, 2.45) is 5.92 Å². The summed E-state index contributed by atoms with van der Waals surface area (Å²) >= 11 is 0. The van der Waals surface area contributed by atoms with Crippen LogP contribution in [0.25, 0.3) is 5.69 Å². The smallest absolute Gasteiger partial charge is 0.157 e. The van der Waals surface area contributed by atoms with Crippen molar-refractivity contribution in [1.82, 2.24) is 25.5 Å². The predicted molar refractivity (Wildman–Crippen MR) is 70.4 cm³/mol. The highest BCUT2D eigenvalue weighted by Crippen LogP contribution is 2.19. The number of nitrogens with one attached hydrogen (secondary N) is 1. The minimum atomic E-state index is 0.621. The Morgan fingerprint density at radius 2 is 2.42 bits per heavy atom. The summed E-state index contributed by atoms with van der Waals surface area (Å²) in [5.41, 5.74) is 0.935. The van der Waals surface area contributed by atoms with Crippen LogP contribution in [-0.4, -0.2) is 40.4 Å². The summed E-state index contributed by atoms with van der Waals surface area (Å²) in [5.74, 6) is 2.33. The predicted octanol–water partition coefficient (Wildman–Crippen LogP) is 0.823. The Balaban J connectivity index is 1.85. The molecule has 0 spiro atoms. The molecule has 1 fully saturated rings. The zero-order valence-electron chi connectivity index (χ0n) is 10.9. The molecule has 2 aromatic rings. The van der Waals surface area contributed by atoms with E-state index in [2.05, 4.69) is 20.8 Å². The molecule has 6 nitrogen and oxygen atoms in total. The highest BCUT2D eigenvalue weighted by molar-refractivity contribution is 5.38. The van der Waals surface area contributed by atoms with Gasteiger partial charge in [0.1, 0.15) is 5.75 Å². The third-order valence-corrected chi connectivity index (χ3v) is 3.47. The molecule has 0 amide bonds. The van der Waals surface area contributed by atoms with Crippen LogP contribution in [0.2, 0.25) is 0 Å². The maximum absolute atomic E-state index is 5.23. The Morgan fingerprint density at radius 3 is 3.21 bits per heavy atom. The van der Waals surface area contributed by atoms with Gasteiger partial charge in [-0.3, -0.25) is 0 Å². The second kappa shape index (κ2) is 5.36. The minimum absolute atomic E-state index is 0.621. The van der Waals surface area contributed by atoms with Crippen LogP contribution in [0.1, 0.15) is 12.2 Å². The monoisotopic (exact) mass is 259 g/mol. The van der Waals surface area contributed by atoms with Crippen molar-refractivity contribution >= 4 is 0 Å². The molecule has 19 heavy (non-hydrogen) atoms. The Bertz CT molecular complexity index is 547. The summed E-state index contributed by atoms with van der Waals surface area (Å²) in [6.07, 6.45) is 2.09. The summed E-state index contributed by atoms with van der Waals surface area (Å²) in [4.78, 5) is 0. The second-order valence-electron chi connectivity index (χ2n) is 4.77. The van der Waals surface area contributed by atoms with Crippen LogP contribution in [0.5, 0.6) is 5.75 Å². The zero-order valence-corrected chi connectivity index (χ0v) is 10.9. The number of aromatic nitrogens is 4. The number of nitrogens with zero attached hydrogens (tertiary/aromatic N) is 4. The average molecular weight is 259 g/mol. The molecule has 0 saturated carbocycles. The number of benzene rings is 1. The van der Waals surface area contributed by atoms with Crippen molar-refractivity contribution in [3.63, 3.8) is 0 Å². The number of rotatable bonds is 4. The van der Waals surface area contributed by atoms with E-state index in [1.807, 2.05) is 24.3 Å². The van der Waals surface area contributed by atoms with Gasteiger partial charge in [-0.15, -0.1) is 5.10 Å². The third kappa shape index (κ3) is 2.58. The molecule has 0 bridgehead atoms. The fourth-order valence-electron chi connectivity index (χ4n) is 2.42. The van der Waals surface area contributed by atoms with Crippen LogP contribution in [0.4, 0.5) is 0 Å². The van der Waals surface area contributed by atoms with E-state index in [0.717, 1.165) is 36.8 Å². The van der Waals surface area contributed by atoms with Crippen molar-refractivity contribution in [3.8, 4) is 11.4 Å². The molecule has 100 valence electrons.